The van der Waals surface area contributed by atoms with Crippen molar-refractivity contribution in [3.63, 3.8) is 0 Å². The van der Waals surface area contributed by atoms with Crippen molar-refractivity contribution in [2.45, 2.75) is 38.5 Å². The summed E-state index contributed by atoms with van der Waals surface area (Å²) >= 11 is 0. The Bertz CT molecular complexity index is 739. The zero-order chi connectivity index (χ0) is 18.0. The van der Waals surface area contributed by atoms with E-state index >= 15 is 0 Å². The van der Waals surface area contributed by atoms with Crippen LogP contribution in [0.1, 0.15) is 31.2 Å². The maximum absolute atomic E-state index is 12.5. The van der Waals surface area contributed by atoms with Gasteiger partial charge in [0.1, 0.15) is 0 Å². The Morgan fingerprint density at radius 3 is 2.52 bits per heavy atom. The Morgan fingerprint density at radius 2 is 2.00 bits per heavy atom. The highest BCUT2D eigenvalue weighted by atomic mass is 19.4. The summed E-state index contributed by atoms with van der Waals surface area (Å²) in [6.07, 6.45) is -2.70. The molecule has 6 nitrogen and oxygen atoms in total. The van der Waals surface area contributed by atoms with Crippen molar-refractivity contribution in [2.24, 2.45) is 0 Å². The van der Waals surface area contributed by atoms with Gasteiger partial charge in [-0.1, -0.05) is 29.4 Å². The lowest BCUT2D eigenvalue weighted by Crippen LogP contribution is -2.40. The van der Waals surface area contributed by atoms with E-state index in [4.69, 9.17) is 0 Å². The van der Waals surface area contributed by atoms with Gasteiger partial charge in [-0.3, -0.25) is 0 Å². The average Bonchev–Trinajstić information content (AvgIpc) is 3.27. The average molecular weight is 354 g/mol. The van der Waals surface area contributed by atoms with Crippen LogP contribution in [0.25, 0.3) is 11.4 Å². The van der Waals surface area contributed by atoms with Gasteiger partial charge in [0.15, 0.2) is 0 Å². The van der Waals surface area contributed by atoms with Crippen LogP contribution in [0.4, 0.5) is 18.0 Å². The second-order valence-electron chi connectivity index (χ2n) is 5.81. The molecule has 0 atom stereocenters. The van der Waals surface area contributed by atoms with Gasteiger partial charge >= 0.3 is 18.1 Å². The Morgan fingerprint density at radius 1 is 1.32 bits per heavy atom. The van der Waals surface area contributed by atoms with E-state index < -0.39 is 12.1 Å². The van der Waals surface area contributed by atoms with Gasteiger partial charge < -0.3 is 14.7 Å². The minimum atomic E-state index is -4.66. The maximum Gasteiger partial charge on any atom is 0.471 e. The molecule has 2 aromatic rings. The van der Waals surface area contributed by atoms with E-state index in [2.05, 4.69) is 20.0 Å². The second kappa shape index (κ2) is 6.73. The van der Waals surface area contributed by atoms with Gasteiger partial charge in [-0.2, -0.15) is 18.2 Å². The van der Waals surface area contributed by atoms with E-state index in [1.54, 1.807) is 29.2 Å². The third-order valence-electron chi connectivity index (χ3n) is 3.81. The molecule has 0 radical (unpaired) electrons. The number of nitrogens with one attached hydrogen (secondary N) is 1. The molecule has 1 aromatic heterocycles. The first-order valence-corrected chi connectivity index (χ1v) is 7.93. The molecule has 1 saturated carbocycles. The number of hydrogen-bond donors (Lipinski definition) is 1. The summed E-state index contributed by atoms with van der Waals surface area (Å²) in [5.74, 6) is -1.50. The molecule has 2 amide bonds. The van der Waals surface area contributed by atoms with E-state index in [1.807, 2.05) is 6.92 Å². The van der Waals surface area contributed by atoms with Gasteiger partial charge in [0.05, 0.1) is 0 Å². The van der Waals surface area contributed by atoms with Gasteiger partial charge in [-0.15, -0.1) is 0 Å². The van der Waals surface area contributed by atoms with Gasteiger partial charge in [-0.05, 0) is 25.3 Å². The number of hydrogen-bond acceptors (Lipinski definition) is 4. The standard InChI is InChI=1S/C16H17F3N4O2/c1-2-20-15(24)23(12-7-8-12)9-10-3-5-11(6-4-10)13-21-14(25-22-13)16(17,18)19/h3-6,12H,2,7-9H2,1H3,(H,20,24). The molecule has 0 spiro atoms. The molecule has 3 rings (SSSR count). The van der Waals surface area contributed by atoms with E-state index in [-0.39, 0.29) is 17.9 Å². The van der Waals surface area contributed by atoms with Crippen LogP contribution in [0, 0.1) is 0 Å². The van der Waals surface area contributed by atoms with Crippen molar-refractivity contribution in [3.8, 4) is 11.4 Å². The summed E-state index contributed by atoms with van der Waals surface area (Å²) < 4.78 is 41.7. The molecule has 25 heavy (non-hydrogen) atoms. The Labute approximate surface area is 142 Å². The third-order valence-corrected chi connectivity index (χ3v) is 3.81. The monoisotopic (exact) mass is 354 g/mol. The summed E-state index contributed by atoms with van der Waals surface area (Å²) in [7, 11) is 0. The predicted octanol–water partition coefficient (Wildman–Crippen LogP) is 3.45. The van der Waals surface area contributed by atoms with Crippen LogP contribution in [-0.2, 0) is 12.7 Å². The van der Waals surface area contributed by atoms with Crippen LogP contribution < -0.4 is 5.32 Å². The van der Waals surface area contributed by atoms with Crippen LogP contribution in [0.3, 0.4) is 0 Å². The molecule has 1 aromatic carbocycles. The SMILES string of the molecule is CCNC(=O)N(Cc1ccc(-c2noc(C(F)(F)F)n2)cc1)C1CC1. The molecule has 9 heteroatoms. The van der Waals surface area contributed by atoms with Crippen molar-refractivity contribution >= 4 is 6.03 Å². The van der Waals surface area contributed by atoms with E-state index in [9.17, 15) is 18.0 Å². The lowest BCUT2D eigenvalue weighted by Gasteiger charge is -2.22. The molecular formula is C16H17F3N4O2. The zero-order valence-electron chi connectivity index (χ0n) is 13.5. The van der Waals surface area contributed by atoms with Gasteiger partial charge in [-0.25, -0.2) is 4.79 Å². The second-order valence-corrected chi connectivity index (χ2v) is 5.81. The lowest BCUT2D eigenvalue weighted by molar-refractivity contribution is -0.159. The highest BCUT2D eigenvalue weighted by molar-refractivity contribution is 5.74. The normalized spacial score (nSPS) is 14.4. The molecule has 0 bridgehead atoms. The number of halogens is 3. The van der Waals surface area contributed by atoms with Crippen LogP contribution in [0.2, 0.25) is 0 Å². The van der Waals surface area contributed by atoms with E-state index in [1.165, 1.54) is 0 Å². The van der Waals surface area contributed by atoms with Crippen molar-refractivity contribution in [1.82, 2.24) is 20.4 Å². The van der Waals surface area contributed by atoms with Gasteiger partial charge in [0, 0.05) is 24.7 Å². The van der Waals surface area contributed by atoms with Crippen molar-refractivity contribution < 1.29 is 22.5 Å². The number of aromatic nitrogens is 2. The topological polar surface area (TPSA) is 71.3 Å². The van der Waals surface area contributed by atoms with Crippen LogP contribution in [0.15, 0.2) is 28.8 Å². The van der Waals surface area contributed by atoms with E-state index in [0.717, 1.165) is 18.4 Å². The smallest absolute Gasteiger partial charge is 0.338 e. The predicted molar refractivity (Wildman–Crippen MR) is 82.4 cm³/mol. The first-order valence-electron chi connectivity index (χ1n) is 7.93. The number of rotatable bonds is 5. The van der Waals surface area contributed by atoms with E-state index in [0.29, 0.717) is 18.7 Å². The molecule has 1 N–H and O–H groups in total. The fourth-order valence-corrected chi connectivity index (χ4v) is 2.42. The molecule has 0 aliphatic heterocycles. The molecule has 0 unspecified atom stereocenters. The van der Waals surface area contributed by atoms with Crippen molar-refractivity contribution in [3.05, 3.63) is 35.7 Å². The number of alkyl halides is 3. The minimum Gasteiger partial charge on any atom is -0.338 e. The molecule has 1 fully saturated rings. The van der Waals surface area contributed by atoms with Crippen molar-refractivity contribution in [2.75, 3.05) is 6.54 Å². The molecule has 1 aliphatic rings. The van der Waals surface area contributed by atoms with Crippen LogP contribution in [0.5, 0.6) is 0 Å². The molecule has 1 heterocycles. The summed E-state index contributed by atoms with van der Waals surface area (Å²) in [5.41, 5.74) is 1.29. The fraction of sp³-hybridized carbons (Fsp3) is 0.438. The number of amides is 2. The molecule has 1 aliphatic carbocycles. The minimum absolute atomic E-state index is 0.109. The van der Waals surface area contributed by atoms with Crippen molar-refractivity contribution in [1.29, 1.82) is 0 Å². The molecule has 0 saturated heterocycles. The zero-order valence-corrected chi connectivity index (χ0v) is 13.5. The van der Waals surface area contributed by atoms with Crippen LogP contribution >= 0.6 is 0 Å². The third kappa shape index (κ3) is 4.09. The quantitative estimate of drug-likeness (QED) is 0.893. The van der Waals surface area contributed by atoms with Crippen LogP contribution in [-0.4, -0.2) is 33.7 Å². The largest absolute Gasteiger partial charge is 0.471 e. The number of carbonyl (C=O) groups is 1. The molecular weight excluding hydrogens is 337 g/mol. The number of urea groups is 1. The summed E-state index contributed by atoms with van der Waals surface area (Å²) in [6, 6.07) is 6.85. The summed E-state index contributed by atoms with van der Waals surface area (Å²) in [5, 5.41) is 6.14. The highest BCUT2D eigenvalue weighted by Gasteiger charge is 2.38. The maximum atomic E-state index is 12.5. The summed E-state index contributed by atoms with van der Waals surface area (Å²) in [6.45, 7) is 2.86. The fourth-order valence-electron chi connectivity index (χ4n) is 2.42. The summed E-state index contributed by atoms with van der Waals surface area (Å²) in [4.78, 5) is 17.2. The van der Waals surface area contributed by atoms with Gasteiger partial charge in [0.2, 0.25) is 5.82 Å². The highest BCUT2D eigenvalue weighted by Crippen LogP contribution is 2.30. The lowest BCUT2D eigenvalue weighted by atomic mass is 10.1. The molecule has 134 valence electrons. The van der Waals surface area contributed by atoms with Gasteiger partial charge in [0.25, 0.3) is 0 Å². The number of benzene rings is 1. The Hall–Kier alpha value is -2.58. The Balaban J connectivity index is 1.71. The number of carbonyl (C=O) groups excluding carboxylic acids is 1. The number of nitrogens with zero attached hydrogens (tertiary/aromatic N) is 3. The first kappa shape index (κ1) is 17.2. The Kier molecular flexibility index (Phi) is 4.65. The first-order chi connectivity index (χ1) is 11.9.